The van der Waals surface area contributed by atoms with Gasteiger partial charge in [0.05, 0.1) is 18.4 Å². The Morgan fingerprint density at radius 2 is 2.64 bits per heavy atom. The topological polar surface area (TPSA) is 35.5 Å². The number of carbonyl (C=O) groups excluding carboxylic acids is 1. The fraction of sp³-hybridized carbons (Fsp3) is 0.375. The Bertz CT molecular complexity index is 203. The second-order valence-corrected chi connectivity index (χ2v) is 2.03. The zero-order valence-corrected chi connectivity index (χ0v) is 6.37. The molecule has 1 rings (SSSR count). The Kier molecular flexibility index (Phi) is 2.72. The van der Waals surface area contributed by atoms with Crippen molar-refractivity contribution in [1.29, 1.82) is 0 Å². The summed E-state index contributed by atoms with van der Waals surface area (Å²) in [6.45, 7) is 2.69. The van der Waals surface area contributed by atoms with Crippen molar-refractivity contribution in [2.24, 2.45) is 0 Å². The zero-order chi connectivity index (χ0) is 8.10. The van der Waals surface area contributed by atoms with Crippen molar-refractivity contribution in [2.45, 2.75) is 6.92 Å². The normalized spacial score (nSPS) is 15.2. The van der Waals surface area contributed by atoms with E-state index in [0.717, 1.165) is 0 Å². The van der Waals surface area contributed by atoms with E-state index in [2.05, 4.69) is 0 Å². The molecule has 0 N–H and O–H groups in total. The molecule has 1 heterocycles. The van der Waals surface area contributed by atoms with Gasteiger partial charge >= 0.3 is 5.97 Å². The minimum atomic E-state index is -0.330. The van der Waals surface area contributed by atoms with Crippen molar-refractivity contribution in [1.82, 2.24) is 0 Å². The van der Waals surface area contributed by atoms with E-state index in [-0.39, 0.29) is 5.97 Å². The molecular weight excluding hydrogens is 144 g/mol. The van der Waals surface area contributed by atoms with Crippen molar-refractivity contribution in [2.75, 3.05) is 13.2 Å². The van der Waals surface area contributed by atoms with E-state index in [1.807, 2.05) is 0 Å². The van der Waals surface area contributed by atoms with Crippen LogP contribution in [0.5, 0.6) is 0 Å². The maximum absolute atomic E-state index is 11.0. The summed E-state index contributed by atoms with van der Waals surface area (Å²) in [7, 11) is 0. The highest BCUT2D eigenvalue weighted by molar-refractivity contribution is 5.91. The summed E-state index contributed by atoms with van der Waals surface area (Å²) in [5.41, 5.74) is 0.470. The van der Waals surface area contributed by atoms with E-state index >= 15 is 0 Å². The van der Waals surface area contributed by atoms with Crippen molar-refractivity contribution < 1.29 is 14.3 Å². The molecule has 0 aromatic rings. The molecule has 0 radical (unpaired) electrons. The minimum absolute atomic E-state index is 0.330. The highest BCUT2D eigenvalue weighted by atomic mass is 16.5. The van der Waals surface area contributed by atoms with Crippen LogP contribution in [0.2, 0.25) is 0 Å². The number of rotatable bonds is 2. The Balaban J connectivity index is 2.52. The van der Waals surface area contributed by atoms with Crippen LogP contribution in [-0.4, -0.2) is 19.2 Å². The molecule has 0 spiro atoms. The van der Waals surface area contributed by atoms with Gasteiger partial charge in [0.2, 0.25) is 0 Å². The lowest BCUT2D eigenvalue weighted by Gasteiger charge is -2.06. The summed E-state index contributed by atoms with van der Waals surface area (Å²) in [6.07, 6.45) is 4.88. The van der Waals surface area contributed by atoms with Crippen LogP contribution >= 0.6 is 0 Å². The predicted octanol–water partition coefficient (Wildman–Crippen LogP) is 1.02. The first-order valence-electron chi connectivity index (χ1n) is 3.50. The van der Waals surface area contributed by atoms with Crippen LogP contribution in [0.1, 0.15) is 6.92 Å². The second-order valence-electron chi connectivity index (χ2n) is 2.03. The molecule has 3 heteroatoms. The molecule has 0 aromatic heterocycles. The van der Waals surface area contributed by atoms with E-state index in [0.29, 0.717) is 18.8 Å². The first kappa shape index (κ1) is 7.85. The van der Waals surface area contributed by atoms with Gasteiger partial charge in [-0.1, -0.05) is 0 Å². The maximum Gasteiger partial charge on any atom is 0.341 e. The highest BCUT2D eigenvalue weighted by Crippen LogP contribution is 2.05. The van der Waals surface area contributed by atoms with Gasteiger partial charge in [0.25, 0.3) is 0 Å². The third-order valence-corrected chi connectivity index (χ3v) is 1.21. The lowest BCUT2D eigenvalue weighted by molar-refractivity contribution is -0.138. The third kappa shape index (κ3) is 2.11. The highest BCUT2D eigenvalue weighted by Gasteiger charge is 2.08. The maximum atomic E-state index is 11.0. The van der Waals surface area contributed by atoms with Crippen LogP contribution < -0.4 is 0 Å². The summed E-state index contributed by atoms with van der Waals surface area (Å²) in [6, 6.07) is 0. The smallest absolute Gasteiger partial charge is 0.341 e. The molecule has 0 bridgehead atoms. The van der Waals surface area contributed by atoms with E-state index < -0.39 is 0 Å². The van der Waals surface area contributed by atoms with E-state index in [1.54, 1.807) is 19.1 Å². The average Bonchev–Trinajstić information content (AvgIpc) is 2.07. The Morgan fingerprint density at radius 1 is 1.82 bits per heavy atom. The van der Waals surface area contributed by atoms with E-state index in [1.165, 1.54) is 6.26 Å². The van der Waals surface area contributed by atoms with Crippen molar-refractivity contribution in [3.8, 4) is 0 Å². The van der Waals surface area contributed by atoms with E-state index in [9.17, 15) is 4.79 Å². The molecule has 0 amide bonds. The van der Waals surface area contributed by atoms with E-state index in [4.69, 9.17) is 9.47 Å². The third-order valence-electron chi connectivity index (χ3n) is 1.21. The molecule has 60 valence electrons. The van der Waals surface area contributed by atoms with Gasteiger partial charge in [-0.25, -0.2) is 4.79 Å². The van der Waals surface area contributed by atoms with Gasteiger partial charge in [0, 0.05) is 0 Å². The molecule has 0 aliphatic carbocycles. The first-order chi connectivity index (χ1) is 5.34. The van der Waals surface area contributed by atoms with Crippen LogP contribution in [0.25, 0.3) is 0 Å². The Morgan fingerprint density at radius 3 is 3.18 bits per heavy atom. The zero-order valence-electron chi connectivity index (χ0n) is 6.37. The second kappa shape index (κ2) is 3.81. The minimum Gasteiger partial charge on any atom is -0.496 e. The van der Waals surface area contributed by atoms with Gasteiger partial charge in [0.15, 0.2) is 0 Å². The monoisotopic (exact) mass is 154 g/mol. The quantitative estimate of drug-likeness (QED) is 0.557. The van der Waals surface area contributed by atoms with Gasteiger partial charge in [-0.05, 0) is 19.1 Å². The summed E-state index contributed by atoms with van der Waals surface area (Å²) < 4.78 is 9.64. The van der Waals surface area contributed by atoms with Gasteiger partial charge in [-0.3, -0.25) is 0 Å². The molecule has 0 atom stereocenters. The van der Waals surface area contributed by atoms with Gasteiger partial charge in [-0.2, -0.15) is 0 Å². The molecular formula is C8H10O3. The number of hydrogen-bond donors (Lipinski definition) is 0. The van der Waals surface area contributed by atoms with Crippen LogP contribution in [0, 0.1) is 0 Å². The summed E-state index contributed by atoms with van der Waals surface area (Å²) in [4.78, 5) is 11.0. The molecule has 11 heavy (non-hydrogen) atoms. The van der Waals surface area contributed by atoms with Gasteiger partial charge in [0.1, 0.15) is 6.61 Å². The SMILES string of the molecule is CCOC(=O)C1=COCC=C1. The first-order valence-corrected chi connectivity index (χ1v) is 3.50. The van der Waals surface area contributed by atoms with Crippen LogP contribution in [0.15, 0.2) is 24.0 Å². The fourth-order valence-electron chi connectivity index (χ4n) is 0.738. The number of hydrogen-bond acceptors (Lipinski definition) is 3. The molecule has 0 fully saturated rings. The standard InChI is InChI=1S/C8H10O3/c1-2-11-8(9)7-4-3-5-10-6-7/h3-4,6H,2,5H2,1H3. The predicted molar refractivity (Wildman–Crippen MR) is 39.8 cm³/mol. The van der Waals surface area contributed by atoms with Crippen LogP contribution in [0.4, 0.5) is 0 Å². The summed E-state index contributed by atoms with van der Waals surface area (Å²) in [5, 5.41) is 0. The van der Waals surface area contributed by atoms with Crippen LogP contribution in [-0.2, 0) is 14.3 Å². The lowest BCUT2D eigenvalue weighted by Crippen LogP contribution is -2.08. The fourth-order valence-corrected chi connectivity index (χ4v) is 0.738. The largest absolute Gasteiger partial charge is 0.496 e. The molecule has 1 aliphatic heterocycles. The van der Waals surface area contributed by atoms with Crippen molar-refractivity contribution in [3.63, 3.8) is 0 Å². The molecule has 1 aliphatic rings. The summed E-state index contributed by atoms with van der Waals surface area (Å²) >= 11 is 0. The molecule has 0 saturated heterocycles. The van der Waals surface area contributed by atoms with Gasteiger partial charge < -0.3 is 9.47 Å². The molecule has 0 aromatic carbocycles. The molecule has 0 unspecified atom stereocenters. The van der Waals surface area contributed by atoms with Crippen LogP contribution in [0.3, 0.4) is 0 Å². The molecule has 3 nitrogen and oxygen atoms in total. The lowest BCUT2D eigenvalue weighted by atomic mass is 10.2. The Hall–Kier alpha value is -1.25. The van der Waals surface area contributed by atoms with Crippen molar-refractivity contribution >= 4 is 5.97 Å². The average molecular weight is 154 g/mol. The Labute approximate surface area is 65.3 Å². The number of ether oxygens (including phenoxy) is 2. The number of carbonyl (C=O) groups is 1. The van der Waals surface area contributed by atoms with Crippen molar-refractivity contribution in [3.05, 3.63) is 24.0 Å². The molecule has 0 saturated carbocycles. The number of esters is 1. The summed E-state index contributed by atoms with van der Waals surface area (Å²) in [5.74, 6) is -0.330. The van der Waals surface area contributed by atoms with Gasteiger partial charge in [-0.15, -0.1) is 0 Å².